The number of imidazole rings is 1. The third-order valence-corrected chi connectivity index (χ3v) is 4.50. The first kappa shape index (κ1) is 17.5. The van der Waals surface area contributed by atoms with E-state index in [4.69, 9.17) is 4.98 Å². The lowest BCUT2D eigenvalue weighted by Crippen LogP contribution is -2.27. The molecule has 140 valence electrons. The summed E-state index contributed by atoms with van der Waals surface area (Å²) in [6, 6.07) is -0.243. The summed E-state index contributed by atoms with van der Waals surface area (Å²) in [5.74, 6) is 0.564. The van der Waals surface area contributed by atoms with E-state index in [0.29, 0.717) is 18.2 Å². The standard InChI is InChI=1S/C18H21FN8/c1-11(17-21-6-12(19)7-22-17)24-18-25-15-3-4-20-8-14(15)16(26-18)5-13-9-27(2)10-23-13/h6-7,9-11,20H,3-5,8H2,1-2H3,(H,24,25,26)/t11-/m0/s1. The summed E-state index contributed by atoms with van der Waals surface area (Å²) in [5.41, 5.74) is 4.11. The SMILES string of the molecule is C[C@H](Nc1nc2c(c(Cc3cn(C)cn3)n1)CNCC2)c1ncc(F)cn1. The summed E-state index contributed by atoms with van der Waals surface area (Å²) in [7, 11) is 1.95. The minimum absolute atomic E-state index is 0.243. The highest BCUT2D eigenvalue weighted by molar-refractivity contribution is 5.38. The molecule has 1 aliphatic rings. The Morgan fingerprint density at radius 3 is 2.81 bits per heavy atom. The van der Waals surface area contributed by atoms with Crippen molar-refractivity contribution in [2.45, 2.75) is 32.4 Å². The van der Waals surface area contributed by atoms with Gasteiger partial charge in [0.1, 0.15) is 5.82 Å². The van der Waals surface area contributed by atoms with Gasteiger partial charge >= 0.3 is 0 Å². The molecule has 0 saturated heterocycles. The van der Waals surface area contributed by atoms with Crippen molar-refractivity contribution >= 4 is 5.95 Å². The van der Waals surface area contributed by atoms with E-state index >= 15 is 0 Å². The topological polar surface area (TPSA) is 93.4 Å². The van der Waals surface area contributed by atoms with Crippen molar-refractivity contribution in [3.05, 3.63) is 59.2 Å². The van der Waals surface area contributed by atoms with Crippen LogP contribution in [0.15, 0.2) is 24.9 Å². The molecule has 2 N–H and O–H groups in total. The molecule has 8 nitrogen and oxygen atoms in total. The van der Waals surface area contributed by atoms with Crippen molar-refractivity contribution in [2.75, 3.05) is 11.9 Å². The summed E-state index contributed by atoms with van der Waals surface area (Å²) in [6.07, 6.45) is 7.59. The van der Waals surface area contributed by atoms with E-state index in [-0.39, 0.29) is 6.04 Å². The molecular formula is C18H21FN8. The number of aromatic nitrogens is 6. The van der Waals surface area contributed by atoms with Gasteiger partial charge < -0.3 is 15.2 Å². The van der Waals surface area contributed by atoms with Gasteiger partial charge in [0.2, 0.25) is 5.95 Å². The zero-order chi connectivity index (χ0) is 18.8. The molecule has 1 aliphatic heterocycles. The van der Waals surface area contributed by atoms with Crippen molar-refractivity contribution in [3.8, 4) is 0 Å². The van der Waals surface area contributed by atoms with Crippen LogP contribution in [0.3, 0.4) is 0 Å². The molecule has 0 fully saturated rings. The normalized spacial score (nSPS) is 14.6. The zero-order valence-electron chi connectivity index (χ0n) is 15.3. The van der Waals surface area contributed by atoms with Crippen LogP contribution in [0.25, 0.3) is 0 Å². The first-order valence-electron chi connectivity index (χ1n) is 8.88. The number of nitrogens with zero attached hydrogens (tertiary/aromatic N) is 6. The van der Waals surface area contributed by atoms with Crippen molar-refractivity contribution in [1.29, 1.82) is 0 Å². The van der Waals surface area contributed by atoms with Gasteiger partial charge in [-0.1, -0.05) is 0 Å². The smallest absolute Gasteiger partial charge is 0.223 e. The first-order chi connectivity index (χ1) is 13.1. The number of halogens is 1. The fourth-order valence-corrected chi connectivity index (χ4v) is 3.16. The molecule has 3 aromatic rings. The summed E-state index contributed by atoms with van der Waals surface area (Å²) < 4.78 is 15.0. The van der Waals surface area contributed by atoms with Crippen LogP contribution in [-0.4, -0.2) is 36.0 Å². The fraction of sp³-hybridized carbons (Fsp3) is 0.389. The maximum atomic E-state index is 13.0. The maximum Gasteiger partial charge on any atom is 0.223 e. The van der Waals surface area contributed by atoms with Gasteiger partial charge in [0.25, 0.3) is 0 Å². The van der Waals surface area contributed by atoms with Gasteiger partial charge in [-0.15, -0.1) is 0 Å². The van der Waals surface area contributed by atoms with E-state index in [2.05, 4.69) is 30.6 Å². The summed E-state index contributed by atoms with van der Waals surface area (Å²) in [6.45, 7) is 3.55. The van der Waals surface area contributed by atoms with Gasteiger partial charge in [-0.25, -0.2) is 29.3 Å². The Labute approximate surface area is 156 Å². The Hall–Kier alpha value is -2.94. The van der Waals surface area contributed by atoms with Gasteiger partial charge in [0.15, 0.2) is 5.82 Å². The molecule has 1 atom stereocenters. The quantitative estimate of drug-likeness (QED) is 0.706. The monoisotopic (exact) mass is 368 g/mol. The molecule has 9 heteroatoms. The van der Waals surface area contributed by atoms with Crippen LogP contribution in [-0.2, 0) is 26.4 Å². The average molecular weight is 368 g/mol. The second-order valence-electron chi connectivity index (χ2n) is 6.68. The number of hydrogen-bond donors (Lipinski definition) is 2. The van der Waals surface area contributed by atoms with Gasteiger partial charge in [-0.3, -0.25) is 0 Å². The molecule has 0 saturated carbocycles. The summed E-state index contributed by atoms with van der Waals surface area (Å²) >= 11 is 0. The number of hydrogen-bond acceptors (Lipinski definition) is 7. The van der Waals surface area contributed by atoms with Crippen molar-refractivity contribution in [1.82, 2.24) is 34.8 Å². The van der Waals surface area contributed by atoms with Crippen LogP contribution in [0.2, 0.25) is 0 Å². The van der Waals surface area contributed by atoms with Crippen LogP contribution in [0.5, 0.6) is 0 Å². The Balaban J connectivity index is 1.62. The van der Waals surface area contributed by atoms with E-state index in [1.807, 2.05) is 24.7 Å². The van der Waals surface area contributed by atoms with Crippen LogP contribution >= 0.6 is 0 Å². The number of fused-ring (bicyclic) bond motifs is 1. The van der Waals surface area contributed by atoms with E-state index < -0.39 is 5.82 Å². The predicted molar refractivity (Wildman–Crippen MR) is 97.5 cm³/mol. The lowest BCUT2D eigenvalue weighted by atomic mass is 10.0. The minimum atomic E-state index is -0.457. The average Bonchev–Trinajstić information content (AvgIpc) is 3.07. The zero-order valence-corrected chi connectivity index (χ0v) is 15.3. The third kappa shape index (κ3) is 3.92. The highest BCUT2D eigenvalue weighted by Crippen LogP contribution is 2.22. The van der Waals surface area contributed by atoms with Gasteiger partial charge in [-0.2, -0.15) is 0 Å². The van der Waals surface area contributed by atoms with Crippen LogP contribution in [0.1, 0.15) is 41.4 Å². The Morgan fingerprint density at radius 2 is 2.07 bits per heavy atom. The maximum absolute atomic E-state index is 13.0. The van der Waals surface area contributed by atoms with Crippen LogP contribution in [0.4, 0.5) is 10.3 Å². The predicted octanol–water partition coefficient (Wildman–Crippen LogP) is 1.55. The van der Waals surface area contributed by atoms with E-state index in [0.717, 1.165) is 54.5 Å². The molecule has 4 heterocycles. The molecule has 0 unspecified atom stereocenters. The van der Waals surface area contributed by atoms with Gasteiger partial charge in [-0.05, 0) is 6.92 Å². The number of nitrogens with one attached hydrogen (secondary N) is 2. The molecule has 0 amide bonds. The number of rotatable bonds is 5. The Bertz CT molecular complexity index is 937. The lowest BCUT2D eigenvalue weighted by molar-refractivity contribution is 0.603. The molecule has 0 aromatic carbocycles. The summed E-state index contributed by atoms with van der Waals surface area (Å²) in [5, 5.41) is 6.63. The minimum Gasteiger partial charge on any atom is -0.344 e. The second kappa shape index (κ2) is 7.36. The van der Waals surface area contributed by atoms with Crippen molar-refractivity contribution in [2.24, 2.45) is 7.05 Å². The Kier molecular flexibility index (Phi) is 4.76. The molecule has 3 aromatic heterocycles. The molecule has 27 heavy (non-hydrogen) atoms. The second-order valence-corrected chi connectivity index (χ2v) is 6.68. The number of anilines is 1. The molecular weight excluding hydrogens is 347 g/mol. The molecule has 0 spiro atoms. The van der Waals surface area contributed by atoms with Gasteiger partial charge in [0.05, 0.1) is 41.8 Å². The lowest BCUT2D eigenvalue weighted by Gasteiger charge is -2.21. The van der Waals surface area contributed by atoms with E-state index in [1.165, 1.54) is 0 Å². The molecule has 0 aliphatic carbocycles. The fourth-order valence-electron chi connectivity index (χ4n) is 3.16. The molecule has 4 rings (SSSR count). The highest BCUT2D eigenvalue weighted by Gasteiger charge is 2.20. The van der Waals surface area contributed by atoms with Crippen LogP contribution < -0.4 is 10.6 Å². The van der Waals surface area contributed by atoms with Crippen LogP contribution in [0, 0.1) is 5.82 Å². The molecule has 0 bridgehead atoms. The number of aryl methyl sites for hydroxylation is 1. The van der Waals surface area contributed by atoms with E-state index in [9.17, 15) is 4.39 Å². The summed E-state index contributed by atoms with van der Waals surface area (Å²) in [4.78, 5) is 21.9. The largest absolute Gasteiger partial charge is 0.344 e. The van der Waals surface area contributed by atoms with Crippen molar-refractivity contribution in [3.63, 3.8) is 0 Å². The first-order valence-corrected chi connectivity index (χ1v) is 8.88. The Morgan fingerprint density at radius 1 is 1.26 bits per heavy atom. The third-order valence-electron chi connectivity index (χ3n) is 4.50. The van der Waals surface area contributed by atoms with Crippen molar-refractivity contribution < 1.29 is 4.39 Å². The van der Waals surface area contributed by atoms with E-state index in [1.54, 1.807) is 6.33 Å². The molecule has 0 radical (unpaired) electrons. The highest BCUT2D eigenvalue weighted by atomic mass is 19.1. The van der Waals surface area contributed by atoms with Gasteiger partial charge in [0, 0.05) is 44.7 Å².